The van der Waals surface area contributed by atoms with Gasteiger partial charge in [-0.3, -0.25) is 0 Å². The van der Waals surface area contributed by atoms with Crippen LogP contribution in [0.15, 0.2) is 0 Å². The summed E-state index contributed by atoms with van der Waals surface area (Å²) in [7, 11) is -1.88. The van der Waals surface area contributed by atoms with E-state index in [0.29, 0.717) is 18.9 Å². The Balaban J connectivity index is 1.64. The summed E-state index contributed by atoms with van der Waals surface area (Å²) in [5.41, 5.74) is 0.400. The van der Waals surface area contributed by atoms with Crippen molar-refractivity contribution in [3.05, 3.63) is 0 Å². The van der Waals surface area contributed by atoms with Crippen LogP contribution in [0.2, 0.25) is 0 Å². The topological polar surface area (TPSA) is 78.5 Å². The summed E-state index contributed by atoms with van der Waals surface area (Å²) < 4.78 is 26.1. The van der Waals surface area contributed by atoms with Crippen LogP contribution in [0.25, 0.3) is 0 Å². The first-order chi connectivity index (χ1) is 10.6. The largest absolute Gasteiger partial charge is 0.335 e. The molecule has 132 valence electrons. The van der Waals surface area contributed by atoms with Gasteiger partial charge in [0, 0.05) is 19.1 Å². The van der Waals surface area contributed by atoms with Crippen molar-refractivity contribution in [3.63, 3.8) is 0 Å². The Kier molecular flexibility index (Phi) is 3.95. The molecule has 2 amide bonds. The molecular weight excluding hydrogens is 314 g/mol. The van der Waals surface area contributed by atoms with E-state index in [1.54, 1.807) is 4.90 Å². The summed E-state index contributed by atoms with van der Waals surface area (Å²) in [6.45, 7) is 7.73. The van der Waals surface area contributed by atoms with E-state index in [-0.39, 0.29) is 29.4 Å². The van der Waals surface area contributed by atoms with Gasteiger partial charge in [-0.2, -0.15) is 0 Å². The Morgan fingerprint density at radius 2 is 1.91 bits per heavy atom. The van der Waals surface area contributed by atoms with E-state index in [1.807, 2.05) is 0 Å². The second-order valence-corrected chi connectivity index (χ2v) is 10.4. The maximum Gasteiger partial charge on any atom is 0.317 e. The fourth-order valence-electron chi connectivity index (χ4n) is 4.99. The number of nitrogens with zero attached hydrogens (tertiary/aromatic N) is 1. The summed E-state index contributed by atoms with van der Waals surface area (Å²) in [5, 5.41) is 2.72. The van der Waals surface area contributed by atoms with Crippen LogP contribution < -0.4 is 10.0 Å². The summed E-state index contributed by atoms with van der Waals surface area (Å²) in [6, 6.07) is 0.0945. The minimum atomic E-state index is -3.30. The molecule has 0 spiro atoms. The van der Waals surface area contributed by atoms with Gasteiger partial charge in [-0.25, -0.2) is 17.9 Å². The average Bonchev–Trinajstić information content (AvgIpc) is 3.11. The molecule has 2 N–H and O–H groups in total. The van der Waals surface area contributed by atoms with Gasteiger partial charge < -0.3 is 10.2 Å². The molecule has 2 aliphatic carbocycles. The van der Waals surface area contributed by atoms with Crippen molar-refractivity contribution < 1.29 is 13.2 Å². The Morgan fingerprint density at radius 3 is 2.43 bits per heavy atom. The molecule has 4 unspecified atom stereocenters. The number of amides is 2. The zero-order valence-corrected chi connectivity index (χ0v) is 15.4. The lowest BCUT2D eigenvalue weighted by Crippen LogP contribution is -2.51. The highest BCUT2D eigenvalue weighted by atomic mass is 32.2. The van der Waals surface area contributed by atoms with E-state index in [0.717, 1.165) is 12.8 Å². The molecule has 2 bridgehead atoms. The molecule has 7 heteroatoms. The first-order valence-corrected chi connectivity index (χ1v) is 10.1. The number of fused-ring (bicyclic) bond motifs is 2. The molecule has 6 nitrogen and oxygen atoms in total. The second kappa shape index (κ2) is 5.34. The van der Waals surface area contributed by atoms with Crippen molar-refractivity contribution >= 4 is 16.1 Å². The molecule has 0 aromatic carbocycles. The number of rotatable bonds is 3. The number of urea groups is 1. The van der Waals surface area contributed by atoms with Crippen LogP contribution in [0.5, 0.6) is 0 Å². The number of nitrogens with one attached hydrogen (secondary N) is 2. The molecule has 1 saturated heterocycles. The number of hydrogen-bond donors (Lipinski definition) is 2. The van der Waals surface area contributed by atoms with Crippen molar-refractivity contribution in [1.29, 1.82) is 0 Å². The number of hydrogen-bond acceptors (Lipinski definition) is 3. The van der Waals surface area contributed by atoms with Crippen molar-refractivity contribution in [2.45, 2.75) is 57.7 Å². The quantitative estimate of drug-likeness (QED) is 0.816. The molecule has 3 aliphatic rings. The molecule has 0 radical (unpaired) electrons. The molecule has 3 rings (SSSR count). The van der Waals surface area contributed by atoms with E-state index in [2.05, 4.69) is 30.8 Å². The normalized spacial score (nSPS) is 39.0. The third kappa shape index (κ3) is 2.47. The van der Waals surface area contributed by atoms with E-state index in [4.69, 9.17) is 0 Å². The zero-order chi connectivity index (χ0) is 17.0. The van der Waals surface area contributed by atoms with E-state index >= 15 is 0 Å². The number of sulfonamides is 1. The molecule has 0 aromatic rings. The van der Waals surface area contributed by atoms with Gasteiger partial charge in [-0.05, 0) is 49.5 Å². The number of carbonyl (C=O) groups excluding carboxylic acids is 1. The predicted molar refractivity (Wildman–Crippen MR) is 89.5 cm³/mol. The summed E-state index contributed by atoms with van der Waals surface area (Å²) in [5.74, 6) is 0.675. The summed E-state index contributed by atoms with van der Waals surface area (Å²) >= 11 is 0. The number of carbonyl (C=O) groups is 1. The van der Waals surface area contributed by atoms with Crippen LogP contribution in [0.4, 0.5) is 4.79 Å². The predicted octanol–water partition coefficient (Wildman–Crippen LogP) is 1.53. The summed E-state index contributed by atoms with van der Waals surface area (Å²) in [6.07, 6.45) is 3.96. The van der Waals surface area contributed by atoms with Gasteiger partial charge in [-0.1, -0.05) is 20.8 Å². The van der Waals surface area contributed by atoms with Crippen LogP contribution in [0.1, 0.15) is 46.5 Å². The molecule has 1 heterocycles. The summed E-state index contributed by atoms with van der Waals surface area (Å²) in [4.78, 5) is 14.2. The Bertz CT molecular complexity index is 604. The highest BCUT2D eigenvalue weighted by molar-refractivity contribution is 7.90. The minimum Gasteiger partial charge on any atom is -0.335 e. The van der Waals surface area contributed by atoms with Gasteiger partial charge in [0.2, 0.25) is 10.0 Å². The fourth-order valence-corrected chi connectivity index (χ4v) is 6.12. The first kappa shape index (κ1) is 17.0. The van der Waals surface area contributed by atoms with Crippen LogP contribution in [0, 0.1) is 16.7 Å². The molecule has 0 aromatic heterocycles. The van der Waals surface area contributed by atoms with Crippen LogP contribution in [-0.4, -0.2) is 50.8 Å². The lowest BCUT2D eigenvalue weighted by atomic mass is 9.69. The molecule has 2 saturated carbocycles. The van der Waals surface area contributed by atoms with Crippen molar-refractivity contribution in [1.82, 2.24) is 14.9 Å². The lowest BCUT2D eigenvalue weighted by Gasteiger charge is -2.40. The molecule has 23 heavy (non-hydrogen) atoms. The van der Waals surface area contributed by atoms with Crippen molar-refractivity contribution in [2.75, 3.05) is 20.1 Å². The molecule has 1 aliphatic heterocycles. The van der Waals surface area contributed by atoms with Gasteiger partial charge in [0.15, 0.2) is 0 Å². The standard InChI is InChI=1S/C16H29N3O3S/c1-15(2)11-5-7-16(15,3)13(9-11)18-14(20)19-8-6-12(10-19)23(21,22)17-4/h11-13,17H,5-10H2,1-4H3,(H,18,20). The van der Waals surface area contributed by atoms with E-state index in [9.17, 15) is 13.2 Å². The Hall–Kier alpha value is -0.820. The van der Waals surface area contributed by atoms with Crippen LogP contribution in [0.3, 0.4) is 0 Å². The fraction of sp³-hybridized carbons (Fsp3) is 0.938. The first-order valence-electron chi connectivity index (χ1n) is 8.59. The smallest absolute Gasteiger partial charge is 0.317 e. The third-order valence-electron chi connectivity index (χ3n) is 7.25. The van der Waals surface area contributed by atoms with Gasteiger partial charge in [-0.15, -0.1) is 0 Å². The van der Waals surface area contributed by atoms with Gasteiger partial charge in [0.1, 0.15) is 0 Å². The Morgan fingerprint density at radius 1 is 1.22 bits per heavy atom. The minimum absolute atomic E-state index is 0.103. The van der Waals surface area contributed by atoms with Crippen molar-refractivity contribution in [3.8, 4) is 0 Å². The van der Waals surface area contributed by atoms with Crippen LogP contribution >= 0.6 is 0 Å². The maximum atomic E-state index is 12.6. The lowest BCUT2D eigenvalue weighted by molar-refractivity contribution is 0.119. The SMILES string of the molecule is CNS(=O)(=O)C1CCN(C(=O)NC2CC3CCC2(C)C3(C)C)C1. The van der Waals surface area contributed by atoms with Gasteiger partial charge in [0.05, 0.1) is 5.25 Å². The monoisotopic (exact) mass is 343 g/mol. The van der Waals surface area contributed by atoms with Crippen LogP contribution in [-0.2, 0) is 10.0 Å². The average molecular weight is 343 g/mol. The van der Waals surface area contributed by atoms with Gasteiger partial charge in [0.25, 0.3) is 0 Å². The second-order valence-electron chi connectivity index (χ2n) is 8.22. The number of likely N-dealkylation sites (tertiary alicyclic amines) is 1. The Labute approximate surface area is 139 Å². The van der Waals surface area contributed by atoms with Gasteiger partial charge >= 0.3 is 6.03 Å². The highest BCUT2D eigenvalue weighted by Crippen LogP contribution is 2.65. The van der Waals surface area contributed by atoms with E-state index < -0.39 is 15.3 Å². The third-order valence-corrected chi connectivity index (χ3v) is 9.08. The van der Waals surface area contributed by atoms with Crippen molar-refractivity contribution in [2.24, 2.45) is 16.7 Å². The van der Waals surface area contributed by atoms with E-state index in [1.165, 1.54) is 13.5 Å². The molecule has 4 atom stereocenters. The maximum absolute atomic E-state index is 12.6. The molecule has 3 fully saturated rings. The molecular formula is C16H29N3O3S. The highest BCUT2D eigenvalue weighted by Gasteiger charge is 2.61. The zero-order valence-electron chi connectivity index (χ0n) is 14.6.